The summed E-state index contributed by atoms with van der Waals surface area (Å²) in [7, 11) is -3.63. The average Bonchev–Trinajstić information content (AvgIpc) is 2.85. The molecule has 186 valence electrons. The summed E-state index contributed by atoms with van der Waals surface area (Å²) in [6.45, 7) is 6.06. The molecule has 12 heteroatoms. The number of nitro groups is 1. The van der Waals surface area contributed by atoms with E-state index in [1.165, 1.54) is 28.6 Å². The van der Waals surface area contributed by atoms with Crippen LogP contribution in [0.2, 0.25) is 0 Å². The number of nitrogens with one attached hydrogen (secondary N) is 1. The molecule has 2 heterocycles. The quantitative estimate of drug-likeness (QED) is 0.249. The van der Waals surface area contributed by atoms with E-state index in [-0.39, 0.29) is 16.6 Å². The van der Waals surface area contributed by atoms with Crippen LogP contribution in [-0.4, -0.2) is 45.7 Å². The first-order valence-corrected chi connectivity index (χ1v) is 12.6. The second-order valence-corrected chi connectivity index (χ2v) is 9.69. The van der Waals surface area contributed by atoms with E-state index in [1.54, 1.807) is 26.0 Å². The molecule has 0 bridgehead atoms. The van der Waals surface area contributed by atoms with Gasteiger partial charge in [0.15, 0.2) is 5.75 Å². The van der Waals surface area contributed by atoms with Crippen molar-refractivity contribution in [1.82, 2.24) is 19.3 Å². The number of sulfonamides is 1. The molecule has 0 radical (unpaired) electrons. The highest BCUT2D eigenvalue weighted by Gasteiger charge is 2.26. The third-order valence-corrected chi connectivity index (χ3v) is 7.52. The standard InChI is InChI=1S/C24H24N6O5S/c1-4-29(5-2)36(33,34)19-13-11-18(12-14-19)28-23-22(30(31)32)24(26-15-25-23)35-20-8-6-7-17-10-9-16(3)27-21(17)20/h6-15H,4-5H2,1-3H3,(H,25,26,28). The third kappa shape index (κ3) is 4.95. The lowest BCUT2D eigenvalue weighted by Gasteiger charge is -2.18. The number of pyridine rings is 1. The van der Waals surface area contributed by atoms with E-state index in [1.807, 2.05) is 25.1 Å². The Hall–Kier alpha value is -4.16. The summed E-state index contributed by atoms with van der Waals surface area (Å²) in [6.07, 6.45) is 1.15. The van der Waals surface area contributed by atoms with Crippen LogP contribution in [0.15, 0.2) is 65.8 Å². The zero-order valence-electron chi connectivity index (χ0n) is 19.9. The van der Waals surface area contributed by atoms with Gasteiger partial charge in [0.2, 0.25) is 15.8 Å². The molecule has 0 atom stereocenters. The van der Waals surface area contributed by atoms with Gasteiger partial charge in [0.25, 0.3) is 0 Å². The topological polar surface area (TPSA) is 140 Å². The molecule has 0 amide bonds. The molecule has 0 aliphatic carbocycles. The van der Waals surface area contributed by atoms with Crippen LogP contribution in [0, 0.1) is 17.0 Å². The molecule has 0 aliphatic rings. The van der Waals surface area contributed by atoms with Crippen molar-refractivity contribution >= 4 is 38.1 Å². The Bertz CT molecular complexity index is 1520. The Balaban J connectivity index is 1.66. The van der Waals surface area contributed by atoms with Gasteiger partial charge in [-0.1, -0.05) is 32.0 Å². The zero-order valence-corrected chi connectivity index (χ0v) is 20.7. The summed E-state index contributed by atoms with van der Waals surface area (Å²) in [5, 5.41) is 15.7. The second kappa shape index (κ2) is 10.2. The molecule has 4 rings (SSSR count). The lowest BCUT2D eigenvalue weighted by atomic mass is 10.2. The number of fused-ring (bicyclic) bond motifs is 1. The maximum atomic E-state index is 12.7. The Labute approximate surface area is 208 Å². The van der Waals surface area contributed by atoms with Crippen molar-refractivity contribution in [2.75, 3.05) is 18.4 Å². The average molecular weight is 509 g/mol. The Kier molecular flexibility index (Phi) is 7.08. The smallest absolute Gasteiger partial charge is 0.373 e. The minimum absolute atomic E-state index is 0.103. The van der Waals surface area contributed by atoms with E-state index in [4.69, 9.17) is 4.74 Å². The zero-order chi connectivity index (χ0) is 25.9. The number of aromatic nitrogens is 3. The van der Waals surface area contributed by atoms with Crippen LogP contribution in [0.5, 0.6) is 11.6 Å². The summed E-state index contributed by atoms with van der Waals surface area (Å²) < 4.78 is 32.6. The fraction of sp³-hybridized carbons (Fsp3) is 0.208. The number of rotatable bonds is 9. The predicted octanol–water partition coefficient (Wildman–Crippen LogP) is 4.81. The molecular weight excluding hydrogens is 484 g/mol. The fourth-order valence-corrected chi connectivity index (χ4v) is 5.11. The first-order valence-electron chi connectivity index (χ1n) is 11.2. The summed E-state index contributed by atoms with van der Waals surface area (Å²) >= 11 is 0. The van der Waals surface area contributed by atoms with E-state index in [9.17, 15) is 18.5 Å². The molecule has 0 spiro atoms. The predicted molar refractivity (Wildman–Crippen MR) is 135 cm³/mol. The van der Waals surface area contributed by atoms with Crippen molar-refractivity contribution < 1.29 is 18.1 Å². The number of aryl methyl sites for hydroxylation is 1. The van der Waals surface area contributed by atoms with Gasteiger partial charge in [-0.2, -0.15) is 9.29 Å². The normalized spacial score (nSPS) is 11.6. The van der Waals surface area contributed by atoms with Crippen molar-refractivity contribution in [2.45, 2.75) is 25.7 Å². The first kappa shape index (κ1) is 24.9. The second-order valence-electron chi connectivity index (χ2n) is 7.75. The van der Waals surface area contributed by atoms with Gasteiger partial charge in [-0.05, 0) is 43.3 Å². The number of hydrogen-bond acceptors (Lipinski definition) is 9. The summed E-state index contributed by atoms with van der Waals surface area (Å²) in [4.78, 5) is 23.9. The largest absolute Gasteiger partial charge is 0.431 e. The number of ether oxygens (including phenoxy) is 1. The molecule has 0 aliphatic heterocycles. The Morgan fingerprint density at radius 3 is 2.42 bits per heavy atom. The van der Waals surface area contributed by atoms with Gasteiger partial charge in [0, 0.05) is 29.9 Å². The number of para-hydroxylation sites is 1. The van der Waals surface area contributed by atoms with E-state index < -0.39 is 20.6 Å². The molecular formula is C24H24N6O5S. The molecule has 1 N–H and O–H groups in total. The van der Waals surface area contributed by atoms with E-state index in [2.05, 4.69) is 20.3 Å². The number of nitrogens with zero attached hydrogens (tertiary/aromatic N) is 5. The van der Waals surface area contributed by atoms with Gasteiger partial charge in [0.1, 0.15) is 11.8 Å². The number of anilines is 2. The highest BCUT2D eigenvalue weighted by molar-refractivity contribution is 7.89. The van der Waals surface area contributed by atoms with Crippen LogP contribution >= 0.6 is 0 Å². The summed E-state index contributed by atoms with van der Waals surface area (Å²) in [5.41, 5.74) is 1.25. The minimum Gasteiger partial charge on any atom is -0.431 e. The van der Waals surface area contributed by atoms with Crippen LogP contribution in [-0.2, 0) is 10.0 Å². The Morgan fingerprint density at radius 1 is 1.03 bits per heavy atom. The van der Waals surface area contributed by atoms with Gasteiger partial charge >= 0.3 is 11.6 Å². The third-order valence-electron chi connectivity index (χ3n) is 5.46. The van der Waals surface area contributed by atoms with Gasteiger partial charge in [-0.15, -0.1) is 0 Å². The van der Waals surface area contributed by atoms with E-state index in [0.29, 0.717) is 30.0 Å². The molecule has 2 aromatic carbocycles. The molecule has 4 aromatic rings. The molecule has 36 heavy (non-hydrogen) atoms. The highest BCUT2D eigenvalue weighted by atomic mass is 32.2. The molecule has 0 saturated heterocycles. The first-order chi connectivity index (χ1) is 17.2. The highest BCUT2D eigenvalue weighted by Crippen LogP contribution is 2.37. The lowest BCUT2D eigenvalue weighted by Crippen LogP contribution is -2.30. The van der Waals surface area contributed by atoms with Gasteiger partial charge in [-0.3, -0.25) is 10.1 Å². The van der Waals surface area contributed by atoms with Gasteiger partial charge in [-0.25, -0.2) is 18.4 Å². The maximum Gasteiger partial charge on any atom is 0.373 e. The Morgan fingerprint density at radius 2 is 1.75 bits per heavy atom. The molecule has 0 unspecified atom stereocenters. The van der Waals surface area contributed by atoms with Crippen LogP contribution in [0.25, 0.3) is 10.9 Å². The van der Waals surface area contributed by atoms with Crippen molar-refractivity contribution in [3.05, 3.63) is 76.7 Å². The van der Waals surface area contributed by atoms with E-state index >= 15 is 0 Å². The van der Waals surface area contributed by atoms with Crippen molar-refractivity contribution in [3.8, 4) is 11.6 Å². The summed E-state index contributed by atoms with van der Waals surface area (Å²) in [5.74, 6) is -0.0438. The van der Waals surface area contributed by atoms with Gasteiger partial charge < -0.3 is 10.1 Å². The van der Waals surface area contributed by atoms with Crippen LogP contribution in [0.3, 0.4) is 0 Å². The van der Waals surface area contributed by atoms with Crippen LogP contribution in [0.1, 0.15) is 19.5 Å². The maximum absolute atomic E-state index is 12.7. The summed E-state index contributed by atoms with van der Waals surface area (Å²) in [6, 6.07) is 14.9. The number of hydrogen-bond donors (Lipinski definition) is 1. The van der Waals surface area contributed by atoms with Crippen molar-refractivity contribution in [2.24, 2.45) is 0 Å². The monoisotopic (exact) mass is 508 g/mol. The molecule has 11 nitrogen and oxygen atoms in total. The molecule has 0 saturated carbocycles. The SMILES string of the molecule is CCN(CC)S(=O)(=O)c1ccc(Nc2ncnc(Oc3cccc4ccc(C)nc34)c2[N+](=O)[O-])cc1. The van der Waals surface area contributed by atoms with Gasteiger partial charge in [0.05, 0.1) is 9.82 Å². The fourth-order valence-electron chi connectivity index (χ4n) is 3.66. The van der Waals surface area contributed by atoms with Crippen molar-refractivity contribution in [1.29, 1.82) is 0 Å². The van der Waals surface area contributed by atoms with Crippen molar-refractivity contribution in [3.63, 3.8) is 0 Å². The molecule has 2 aromatic heterocycles. The van der Waals surface area contributed by atoms with Crippen LogP contribution in [0.4, 0.5) is 17.2 Å². The minimum atomic E-state index is -3.63. The molecule has 0 fully saturated rings. The van der Waals surface area contributed by atoms with E-state index in [0.717, 1.165) is 17.4 Å². The van der Waals surface area contributed by atoms with Crippen LogP contribution < -0.4 is 10.1 Å². The number of benzene rings is 2. The lowest BCUT2D eigenvalue weighted by molar-refractivity contribution is -0.385.